The minimum atomic E-state index is -0.0845. The summed E-state index contributed by atoms with van der Waals surface area (Å²) >= 11 is 0. The molecule has 0 saturated carbocycles. The van der Waals surface area contributed by atoms with Crippen molar-refractivity contribution in [3.8, 4) is 0 Å². The van der Waals surface area contributed by atoms with Crippen LogP contribution in [-0.4, -0.2) is 34.6 Å². The molecule has 2 rings (SSSR count). The number of amides is 1. The summed E-state index contributed by atoms with van der Waals surface area (Å²) in [5, 5.41) is 0. The first-order valence-corrected chi connectivity index (χ1v) is 4.34. The smallest absolute Gasteiger partial charge is 0.329 e. The van der Waals surface area contributed by atoms with Crippen molar-refractivity contribution in [1.29, 1.82) is 0 Å². The lowest BCUT2D eigenvalue weighted by atomic mass is 10.3. The van der Waals surface area contributed by atoms with Gasteiger partial charge in [0.05, 0.1) is 11.0 Å². The monoisotopic (exact) mass is 189 g/mol. The van der Waals surface area contributed by atoms with Crippen LogP contribution >= 0.6 is 0 Å². The van der Waals surface area contributed by atoms with Crippen LogP contribution in [0.3, 0.4) is 0 Å². The van der Waals surface area contributed by atoms with E-state index in [1.165, 1.54) is 9.47 Å². The first kappa shape index (κ1) is 8.74. The van der Waals surface area contributed by atoms with E-state index in [2.05, 4.69) is 4.98 Å². The highest BCUT2D eigenvalue weighted by molar-refractivity contribution is 5.88. The topological polar surface area (TPSA) is 38.1 Å². The van der Waals surface area contributed by atoms with Crippen molar-refractivity contribution >= 4 is 17.1 Å². The number of benzene rings is 1. The summed E-state index contributed by atoms with van der Waals surface area (Å²) in [5.74, 6) is 0. The predicted octanol–water partition coefficient (Wildman–Crippen LogP) is 1.57. The van der Waals surface area contributed by atoms with Crippen molar-refractivity contribution in [2.24, 2.45) is 0 Å². The van der Waals surface area contributed by atoms with Gasteiger partial charge in [-0.3, -0.25) is 4.57 Å². The van der Waals surface area contributed by atoms with Crippen molar-refractivity contribution < 1.29 is 4.79 Å². The zero-order valence-corrected chi connectivity index (χ0v) is 8.14. The maximum atomic E-state index is 11.7. The molecule has 0 bridgehead atoms. The second-order valence-corrected chi connectivity index (χ2v) is 3.28. The lowest BCUT2D eigenvalue weighted by Gasteiger charge is -2.10. The molecule has 0 N–H and O–H groups in total. The lowest BCUT2D eigenvalue weighted by molar-refractivity contribution is 0.220. The molecule has 72 valence electrons. The Hall–Kier alpha value is -1.84. The van der Waals surface area contributed by atoms with Gasteiger partial charge < -0.3 is 4.90 Å². The molecule has 0 aliphatic carbocycles. The van der Waals surface area contributed by atoms with Crippen LogP contribution in [0.25, 0.3) is 11.0 Å². The number of hydrogen-bond donors (Lipinski definition) is 0. The molecule has 4 nitrogen and oxygen atoms in total. The number of nitrogens with zero attached hydrogens (tertiary/aromatic N) is 3. The quantitative estimate of drug-likeness (QED) is 0.630. The van der Waals surface area contributed by atoms with Crippen molar-refractivity contribution in [3.05, 3.63) is 30.6 Å². The van der Waals surface area contributed by atoms with Crippen LogP contribution in [0.1, 0.15) is 0 Å². The van der Waals surface area contributed by atoms with Crippen LogP contribution in [0.5, 0.6) is 0 Å². The van der Waals surface area contributed by atoms with E-state index in [9.17, 15) is 4.79 Å². The Balaban J connectivity index is 2.58. The van der Waals surface area contributed by atoms with Gasteiger partial charge in [0.1, 0.15) is 6.33 Å². The average Bonchev–Trinajstić information content (AvgIpc) is 2.60. The van der Waals surface area contributed by atoms with E-state index in [-0.39, 0.29) is 6.03 Å². The third kappa shape index (κ3) is 1.25. The molecule has 0 radical (unpaired) electrons. The molecule has 2 aromatic rings. The number of aromatic nitrogens is 2. The fourth-order valence-corrected chi connectivity index (χ4v) is 1.33. The van der Waals surface area contributed by atoms with Crippen molar-refractivity contribution in [1.82, 2.24) is 14.5 Å². The van der Waals surface area contributed by atoms with E-state index in [0.717, 1.165) is 11.0 Å². The summed E-state index contributed by atoms with van der Waals surface area (Å²) in [4.78, 5) is 17.3. The second-order valence-electron chi connectivity index (χ2n) is 3.28. The minimum absolute atomic E-state index is 0.0845. The normalized spacial score (nSPS) is 10.4. The Labute approximate surface area is 81.8 Å². The van der Waals surface area contributed by atoms with Crippen molar-refractivity contribution in [3.63, 3.8) is 0 Å². The van der Waals surface area contributed by atoms with E-state index in [4.69, 9.17) is 0 Å². The molecule has 0 aliphatic rings. The maximum Gasteiger partial charge on any atom is 0.329 e. The molecular weight excluding hydrogens is 178 g/mol. The van der Waals surface area contributed by atoms with Crippen LogP contribution < -0.4 is 0 Å². The summed E-state index contributed by atoms with van der Waals surface area (Å²) < 4.78 is 1.54. The molecule has 0 atom stereocenters. The SMILES string of the molecule is CN(C)C(=O)n1cnc2ccccc21. The van der Waals surface area contributed by atoms with E-state index < -0.39 is 0 Å². The average molecular weight is 189 g/mol. The summed E-state index contributed by atoms with van der Waals surface area (Å²) in [5.41, 5.74) is 1.67. The largest absolute Gasteiger partial charge is 0.330 e. The first-order chi connectivity index (χ1) is 6.70. The molecule has 0 fully saturated rings. The van der Waals surface area contributed by atoms with Crippen molar-refractivity contribution in [2.75, 3.05) is 14.1 Å². The number of carbonyl (C=O) groups is 1. The van der Waals surface area contributed by atoms with E-state index in [1.54, 1.807) is 20.4 Å². The Bertz CT molecular complexity index is 473. The van der Waals surface area contributed by atoms with Gasteiger partial charge in [0.25, 0.3) is 0 Å². The highest BCUT2D eigenvalue weighted by Gasteiger charge is 2.10. The maximum absolute atomic E-state index is 11.7. The number of carbonyl (C=O) groups excluding carboxylic acids is 1. The molecule has 1 heterocycles. The van der Waals surface area contributed by atoms with Crippen molar-refractivity contribution in [2.45, 2.75) is 0 Å². The van der Waals surface area contributed by atoms with Crippen LogP contribution in [0.2, 0.25) is 0 Å². The van der Waals surface area contributed by atoms with Gasteiger partial charge in [-0.25, -0.2) is 9.78 Å². The molecule has 14 heavy (non-hydrogen) atoms. The van der Waals surface area contributed by atoms with Gasteiger partial charge in [-0.2, -0.15) is 0 Å². The highest BCUT2D eigenvalue weighted by Crippen LogP contribution is 2.11. The Kier molecular flexibility index (Phi) is 1.96. The summed E-state index contributed by atoms with van der Waals surface area (Å²) in [6, 6.07) is 7.47. The molecule has 4 heteroatoms. The Morgan fingerprint density at radius 1 is 1.36 bits per heavy atom. The molecule has 0 saturated heterocycles. The van der Waals surface area contributed by atoms with Crippen LogP contribution in [0.15, 0.2) is 30.6 Å². The fourth-order valence-electron chi connectivity index (χ4n) is 1.33. The zero-order valence-electron chi connectivity index (χ0n) is 8.14. The van der Waals surface area contributed by atoms with Gasteiger partial charge in [0.2, 0.25) is 0 Å². The molecule has 1 aromatic carbocycles. The van der Waals surface area contributed by atoms with Crippen LogP contribution in [0, 0.1) is 0 Å². The lowest BCUT2D eigenvalue weighted by Crippen LogP contribution is -2.26. The van der Waals surface area contributed by atoms with Gasteiger partial charge in [0.15, 0.2) is 0 Å². The Morgan fingerprint density at radius 2 is 2.07 bits per heavy atom. The number of para-hydroxylation sites is 2. The Morgan fingerprint density at radius 3 is 2.79 bits per heavy atom. The molecule has 0 spiro atoms. The van der Waals surface area contributed by atoms with E-state index in [1.807, 2.05) is 24.3 Å². The predicted molar refractivity (Wildman–Crippen MR) is 54.2 cm³/mol. The highest BCUT2D eigenvalue weighted by atomic mass is 16.2. The minimum Gasteiger partial charge on any atom is -0.330 e. The molecule has 1 amide bonds. The molecule has 1 aromatic heterocycles. The van der Waals surface area contributed by atoms with Gasteiger partial charge in [-0.05, 0) is 12.1 Å². The van der Waals surface area contributed by atoms with Crippen LogP contribution in [-0.2, 0) is 0 Å². The van der Waals surface area contributed by atoms with Gasteiger partial charge in [-0.1, -0.05) is 12.1 Å². The van der Waals surface area contributed by atoms with Gasteiger partial charge in [0, 0.05) is 14.1 Å². The number of hydrogen-bond acceptors (Lipinski definition) is 2. The number of rotatable bonds is 0. The number of fused-ring (bicyclic) bond motifs is 1. The summed E-state index contributed by atoms with van der Waals surface area (Å²) in [6.45, 7) is 0. The van der Waals surface area contributed by atoms with E-state index >= 15 is 0 Å². The van der Waals surface area contributed by atoms with Gasteiger partial charge >= 0.3 is 6.03 Å². The standard InChI is InChI=1S/C10H11N3O/c1-12(2)10(14)13-7-11-8-5-3-4-6-9(8)13/h3-7H,1-2H3. The van der Waals surface area contributed by atoms with E-state index in [0.29, 0.717) is 0 Å². The van der Waals surface area contributed by atoms with Crippen LogP contribution in [0.4, 0.5) is 4.79 Å². The second kappa shape index (κ2) is 3.14. The molecular formula is C10H11N3O. The summed E-state index contributed by atoms with van der Waals surface area (Å²) in [7, 11) is 3.44. The molecule has 0 aliphatic heterocycles. The van der Waals surface area contributed by atoms with Gasteiger partial charge in [-0.15, -0.1) is 0 Å². The zero-order chi connectivity index (χ0) is 10.1. The fraction of sp³-hybridized carbons (Fsp3) is 0.200. The third-order valence-electron chi connectivity index (χ3n) is 2.04. The third-order valence-corrected chi connectivity index (χ3v) is 2.04. The number of imidazole rings is 1. The molecule has 0 unspecified atom stereocenters. The summed E-state index contributed by atoms with van der Waals surface area (Å²) in [6.07, 6.45) is 1.55. The first-order valence-electron chi connectivity index (χ1n) is 4.34.